The molecule has 0 saturated carbocycles. The van der Waals surface area contributed by atoms with E-state index in [1.807, 2.05) is 19.1 Å². The van der Waals surface area contributed by atoms with Gasteiger partial charge in [0.15, 0.2) is 9.84 Å². The second-order valence-corrected chi connectivity index (χ2v) is 6.78. The summed E-state index contributed by atoms with van der Waals surface area (Å²) in [5.41, 5.74) is 0. The summed E-state index contributed by atoms with van der Waals surface area (Å²) in [6.45, 7) is 5.79. The van der Waals surface area contributed by atoms with Crippen LogP contribution in [-0.4, -0.2) is 26.0 Å². The third-order valence-corrected chi connectivity index (χ3v) is 4.73. The maximum atomic E-state index is 11.5. The largest absolute Gasteiger partial charge is 0.468 e. The Bertz CT molecular complexity index is 395. The first kappa shape index (κ1) is 13.3. The fourth-order valence-electron chi connectivity index (χ4n) is 1.29. The van der Waals surface area contributed by atoms with Gasteiger partial charge < -0.3 is 9.73 Å². The second-order valence-electron chi connectivity index (χ2n) is 4.11. The molecule has 0 aliphatic carbocycles. The Hall–Kier alpha value is -0.810. The summed E-state index contributed by atoms with van der Waals surface area (Å²) < 4.78 is 28.3. The van der Waals surface area contributed by atoms with Gasteiger partial charge in [-0.25, -0.2) is 8.42 Å². The minimum Gasteiger partial charge on any atom is -0.468 e. The molecule has 1 N–H and O–H groups in total. The van der Waals surface area contributed by atoms with Gasteiger partial charge in [0, 0.05) is 6.54 Å². The minimum atomic E-state index is -2.96. The highest BCUT2D eigenvalue weighted by Gasteiger charge is 2.16. The van der Waals surface area contributed by atoms with Crippen LogP contribution in [0.15, 0.2) is 22.8 Å². The smallest absolute Gasteiger partial charge is 0.153 e. The Morgan fingerprint density at radius 3 is 2.56 bits per heavy atom. The molecule has 5 heteroatoms. The lowest BCUT2D eigenvalue weighted by atomic mass is 10.2. The fraction of sp³-hybridized carbons (Fsp3) is 0.636. The normalized spacial score (nSPS) is 14.2. The van der Waals surface area contributed by atoms with Crippen LogP contribution in [0.5, 0.6) is 0 Å². The van der Waals surface area contributed by atoms with Crippen LogP contribution in [0, 0.1) is 0 Å². The molecule has 0 aromatic carbocycles. The number of hydrogen-bond acceptors (Lipinski definition) is 4. The third-order valence-electron chi connectivity index (χ3n) is 2.53. The summed E-state index contributed by atoms with van der Waals surface area (Å²) in [4.78, 5) is 0. The Kier molecular flexibility index (Phi) is 4.56. The molecule has 4 nitrogen and oxygen atoms in total. The molecule has 0 aliphatic rings. The summed E-state index contributed by atoms with van der Waals surface area (Å²) in [5, 5.41) is 2.81. The van der Waals surface area contributed by atoms with Crippen molar-refractivity contribution in [1.29, 1.82) is 0 Å². The lowest BCUT2D eigenvalue weighted by Gasteiger charge is -2.12. The number of furan rings is 1. The van der Waals surface area contributed by atoms with E-state index in [4.69, 9.17) is 4.42 Å². The van der Waals surface area contributed by atoms with Crippen molar-refractivity contribution in [2.45, 2.75) is 32.1 Å². The standard InChI is InChI=1S/C11H19NO3S/c1-9(2)16(13,14)8-6-12-10(3)11-5-4-7-15-11/h4-5,7,9-10,12H,6,8H2,1-3H3/t10-/m0/s1. The van der Waals surface area contributed by atoms with Gasteiger partial charge in [0.05, 0.1) is 23.3 Å². The van der Waals surface area contributed by atoms with E-state index in [0.717, 1.165) is 5.76 Å². The van der Waals surface area contributed by atoms with Crippen LogP contribution in [-0.2, 0) is 9.84 Å². The van der Waals surface area contributed by atoms with Crippen molar-refractivity contribution in [2.24, 2.45) is 0 Å². The van der Waals surface area contributed by atoms with E-state index in [1.54, 1.807) is 20.1 Å². The average Bonchev–Trinajstić information content (AvgIpc) is 2.69. The van der Waals surface area contributed by atoms with Gasteiger partial charge in [0.2, 0.25) is 0 Å². The molecular weight excluding hydrogens is 226 g/mol. The SMILES string of the molecule is CC(C)S(=O)(=O)CCN[C@@H](C)c1ccco1. The van der Waals surface area contributed by atoms with E-state index < -0.39 is 9.84 Å². The summed E-state index contributed by atoms with van der Waals surface area (Å²) >= 11 is 0. The van der Waals surface area contributed by atoms with Crippen molar-refractivity contribution < 1.29 is 12.8 Å². The molecule has 0 radical (unpaired) electrons. The van der Waals surface area contributed by atoms with Crippen molar-refractivity contribution in [3.63, 3.8) is 0 Å². The molecule has 0 spiro atoms. The molecule has 1 rings (SSSR count). The Morgan fingerprint density at radius 1 is 1.38 bits per heavy atom. The van der Waals surface area contributed by atoms with E-state index in [9.17, 15) is 8.42 Å². The highest BCUT2D eigenvalue weighted by molar-refractivity contribution is 7.92. The highest BCUT2D eigenvalue weighted by Crippen LogP contribution is 2.11. The van der Waals surface area contributed by atoms with E-state index in [1.165, 1.54) is 0 Å². The zero-order valence-corrected chi connectivity index (χ0v) is 10.8. The van der Waals surface area contributed by atoms with Gasteiger partial charge in [0.1, 0.15) is 5.76 Å². The molecule has 1 heterocycles. The number of sulfone groups is 1. The molecule has 1 atom stereocenters. The van der Waals surface area contributed by atoms with Crippen molar-refractivity contribution in [3.8, 4) is 0 Å². The van der Waals surface area contributed by atoms with E-state index in [2.05, 4.69) is 5.32 Å². The van der Waals surface area contributed by atoms with Gasteiger partial charge in [0.25, 0.3) is 0 Å². The maximum Gasteiger partial charge on any atom is 0.153 e. The van der Waals surface area contributed by atoms with Crippen molar-refractivity contribution in [3.05, 3.63) is 24.2 Å². The lowest BCUT2D eigenvalue weighted by Crippen LogP contribution is -2.28. The Morgan fingerprint density at radius 2 is 2.06 bits per heavy atom. The van der Waals surface area contributed by atoms with Gasteiger partial charge in [-0.05, 0) is 32.9 Å². The molecular formula is C11H19NO3S. The third kappa shape index (κ3) is 3.64. The maximum absolute atomic E-state index is 11.5. The van der Waals surface area contributed by atoms with Gasteiger partial charge >= 0.3 is 0 Å². The average molecular weight is 245 g/mol. The van der Waals surface area contributed by atoms with Gasteiger partial charge in [-0.3, -0.25) is 0 Å². The van der Waals surface area contributed by atoms with Crippen LogP contribution >= 0.6 is 0 Å². The Balaban J connectivity index is 2.37. The van der Waals surface area contributed by atoms with Crippen molar-refractivity contribution in [2.75, 3.05) is 12.3 Å². The summed E-state index contributed by atoms with van der Waals surface area (Å²) in [5.74, 6) is 0.984. The van der Waals surface area contributed by atoms with Crippen LogP contribution in [0.4, 0.5) is 0 Å². The molecule has 92 valence electrons. The number of nitrogens with one attached hydrogen (secondary N) is 1. The number of rotatable bonds is 6. The topological polar surface area (TPSA) is 59.3 Å². The lowest BCUT2D eigenvalue weighted by molar-refractivity contribution is 0.436. The van der Waals surface area contributed by atoms with E-state index in [-0.39, 0.29) is 17.0 Å². The fourth-order valence-corrected chi connectivity index (χ4v) is 2.17. The summed E-state index contributed by atoms with van der Waals surface area (Å²) in [6, 6.07) is 3.73. The Labute approximate surface area is 97.0 Å². The molecule has 1 aromatic heterocycles. The van der Waals surface area contributed by atoms with Crippen LogP contribution in [0.1, 0.15) is 32.6 Å². The quantitative estimate of drug-likeness (QED) is 0.829. The molecule has 0 saturated heterocycles. The molecule has 0 bridgehead atoms. The van der Waals surface area contributed by atoms with Crippen LogP contribution in [0.3, 0.4) is 0 Å². The molecule has 0 unspecified atom stereocenters. The summed E-state index contributed by atoms with van der Waals surface area (Å²) in [7, 11) is -2.96. The first-order valence-electron chi connectivity index (χ1n) is 5.42. The van der Waals surface area contributed by atoms with Crippen molar-refractivity contribution in [1.82, 2.24) is 5.32 Å². The molecule has 0 amide bonds. The first-order chi connectivity index (χ1) is 7.43. The zero-order valence-electron chi connectivity index (χ0n) is 9.93. The predicted octanol–water partition coefficient (Wildman–Crippen LogP) is 1.75. The predicted molar refractivity (Wildman–Crippen MR) is 64.0 cm³/mol. The van der Waals surface area contributed by atoms with Crippen LogP contribution in [0.25, 0.3) is 0 Å². The zero-order chi connectivity index (χ0) is 12.2. The molecule has 16 heavy (non-hydrogen) atoms. The highest BCUT2D eigenvalue weighted by atomic mass is 32.2. The van der Waals surface area contributed by atoms with E-state index in [0.29, 0.717) is 6.54 Å². The monoisotopic (exact) mass is 245 g/mol. The first-order valence-corrected chi connectivity index (χ1v) is 7.13. The van der Waals surface area contributed by atoms with E-state index >= 15 is 0 Å². The van der Waals surface area contributed by atoms with Crippen LogP contribution < -0.4 is 5.32 Å². The molecule has 1 aromatic rings. The number of hydrogen-bond donors (Lipinski definition) is 1. The van der Waals surface area contributed by atoms with Gasteiger partial charge in [-0.2, -0.15) is 0 Å². The van der Waals surface area contributed by atoms with Crippen molar-refractivity contribution >= 4 is 9.84 Å². The second kappa shape index (κ2) is 5.50. The molecule has 0 fully saturated rings. The van der Waals surface area contributed by atoms with Crippen LogP contribution in [0.2, 0.25) is 0 Å². The van der Waals surface area contributed by atoms with Gasteiger partial charge in [-0.1, -0.05) is 0 Å². The van der Waals surface area contributed by atoms with Gasteiger partial charge in [-0.15, -0.1) is 0 Å². The summed E-state index contributed by atoms with van der Waals surface area (Å²) in [6.07, 6.45) is 1.61. The minimum absolute atomic E-state index is 0.0392. The molecule has 0 aliphatic heterocycles.